The van der Waals surface area contributed by atoms with Crippen LogP contribution in [0.5, 0.6) is 5.75 Å². The number of aliphatic hydroxyl groups excluding tert-OH is 2. The number of fused-ring (bicyclic) bond motifs is 6. The molecule has 0 radical (unpaired) electrons. The molecule has 29 heteroatoms. The van der Waals surface area contributed by atoms with Crippen molar-refractivity contribution in [3.8, 4) is 28.0 Å². The van der Waals surface area contributed by atoms with Crippen molar-refractivity contribution in [3.05, 3.63) is 293 Å². The number of rotatable bonds is 9. The van der Waals surface area contributed by atoms with Crippen LogP contribution in [0.15, 0.2) is 208 Å². The highest BCUT2D eigenvalue weighted by atomic mass is 79.9. The molecule has 13 aromatic rings. The van der Waals surface area contributed by atoms with E-state index in [1.54, 1.807) is 24.3 Å². The van der Waals surface area contributed by atoms with Crippen molar-refractivity contribution in [2.24, 2.45) is 9.98 Å². The number of hydrogen-bond donors (Lipinski definition) is 4. The van der Waals surface area contributed by atoms with Gasteiger partial charge in [0.25, 0.3) is 0 Å². The molecule has 16 rings (SSSR count). The molecule has 23 nitrogen and oxygen atoms in total. The van der Waals surface area contributed by atoms with Crippen LogP contribution in [0.3, 0.4) is 0 Å². The lowest BCUT2D eigenvalue weighted by Gasteiger charge is -2.28. The van der Waals surface area contributed by atoms with Gasteiger partial charge in [-0.25, -0.2) is 37.5 Å². The summed E-state index contributed by atoms with van der Waals surface area (Å²) in [5.74, 6) is -0.413. The van der Waals surface area contributed by atoms with Crippen molar-refractivity contribution in [2.75, 3.05) is 37.8 Å². The van der Waals surface area contributed by atoms with Crippen LogP contribution in [-0.2, 0) is 17.8 Å². The number of nitrogens with zero attached hydrogens (tertiary/aromatic N) is 7. The first-order valence-corrected chi connectivity index (χ1v) is 36.8. The first-order valence-electron chi connectivity index (χ1n) is 35.2. The smallest absolute Gasteiger partial charge is 0.210 e. The first-order chi connectivity index (χ1) is 54.0. The number of morpholine rings is 1. The Hall–Kier alpha value is -12.0. The Bertz CT molecular complexity index is 6200. The van der Waals surface area contributed by atoms with Gasteiger partial charge in [-0.05, 0) is 175 Å². The highest BCUT2D eigenvalue weighted by Crippen LogP contribution is 2.35. The summed E-state index contributed by atoms with van der Waals surface area (Å²) in [7, 11) is 0. The van der Waals surface area contributed by atoms with Gasteiger partial charge in [0.1, 0.15) is 130 Å². The molecule has 0 spiro atoms. The zero-order chi connectivity index (χ0) is 81.4. The summed E-state index contributed by atoms with van der Waals surface area (Å²) in [6.07, 6.45) is 1.22. The SMILES string of the molecule is CC(=O)c1oc2cccc(F)c2c(=O)c1-c1ccccc1C.CC(=O)c1oc2cccc(F)c2c(=O)c1Br.CC(O)c1oc2cccc(F)c2c(=O)c1Br.Cc1cc(C2=NCc3ncnc(N)c32)ccc1OC(C)C.Cc1ccccc1-c1c(C(C)O)oc2cccc(F)c2c1=O.Nc1ncnc2c1C(N1CCOCC1)=NC2. The Kier molecular flexibility index (Phi) is 25.8. The van der Waals surface area contributed by atoms with E-state index in [4.69, 9.17) is 38.6 Å². The number of amidine groups is 1. The molecule has 7 aromatic carbocycles. The fourth-order valence-electron chi connectivity index (χ4n) is 12.6. The molecule has 0 saturated carbocycles. The Morgan fingerprint density at radius 1 is 0.496 bits per heavy atom. The van der Waals surface area contributed by atoms with Crippen LogP contribution < -0.4 is 37.9 Å². The van der Waals surface area contributed by atoms with Crippen LogP contribution in [0, 0.1) is 44.0 Å². The monoisotopic (exact) mass is 1670 g/mol. The van der Waals surface area contributed by atoms with Crippen LogP contribution in [-0.4, -0.2) is 90.6 Å². The number of anilines is 2. The van der Waals surface area contributed by atoms with E-state index in [2.05, 4.69) is 72.7 Å². The fourth-order valence-corrected chi connectivity index (χ4v) is 13.7. The average Bonchev–Trinajstić information content (AvgIpc) is 1.71. The standard InChI is InChI=1S/C18H15FO3.C18H13FO3.C16H18N4O.C11H8BrFO3.C11H6BrFO3.C10H13N5O/c2*1-10-6-3-4-7-12(10)15-17(21)16-13(19)8-5-9-14(16)22-18(15)11(2)20;1-9(2)21-13-5-4-11(6-10(13)3)15-14-12(7-18-15)19-8-20-16(14)17;2*1-5(14)11-9(12)10(15)8-6(13)3-2-4-7(8)16-11;11-9-8-7(13-6-14-9)5-12-10(8)15-1-3-16-4-2-15/h3-9,11,20H,1-2H3;3-9H,1-2H3;4-6,8-9H,7H2,1-3H3,(H2,17,19,20);2-5,14H,1H3;2-4H,1H3;6H,1-5H2,(H2,11,13,14). The highest BCUT2D eigenvalue weighted by molar-refractivity contribution is 9.10. The third kappa shape index (κ3) is 17.7. The summed E-state index contributed by atoms with van der Waals surface area (Å²) in [6.45, 7) is 19.7. The third-order valence-electron chi connectivity index (χ3n) is 17.9. The van der Waals surface area contributed by atoms with Gasteiger partial charge in [0.05, 0.1) is 71.8 Å². The van der Waals surface area contributed by atoms with Crippen LogP contribution in [0.2, 0.25) is 0 Å². The van der Waals surface area contributed by atoms with Gasteiger partial charge in [-0.2, -0.15) is 0 Å². The van der Waals surface area contributed by atoms with Crippen LogP contribution >= 0.6 is 31.9 Å². The summed E-state index contributed by atoms with van der Waals surface area (Å²) in [5, 5.41) is 18.9. The second-order valence-corrected chi connectivity index (χ2v) is 27.8. The minimum atomic E-state index is -0.977. The Morgan fingerprint density at radius 3 is 1.42 bits per heavy atom. The van der Waals surface area contributed by atoms with Crippen molar-refractivity contribution < 1.29 is 64.5 Å². The Labute approximate surface area is 658 Å². The van der Waals surface area contributed by atoms with Gasteiger partial charge in [0.2, 0.25) is 21.7 Å². The number of carbonyl (C=O) groups excluding carboxylic acids is 2. The number of aliphatic imine (C=N–C) groups is 2. The summed E-state index contributed by atoms with van der Waals surface area (Å²) in [4.78, 5) is 100. The number of nitrogens with two attached hydrogens (primary N) is 2. The van der Waals surface area contributed by atoms with Crippen LogP contribution in [0.25, 0.3) is 66.1 Å². The zero-order valence-electron chi connectivity index (χ0n) is 62.3. The number of nitrogen functional groups attached to an aromatic ring is 2. The van der Waals surface area contributed by atoms with Gasteiger partial charge in [-0.1, -0.05) is 72.8 Å². The maximum absolute atomic E-state index is 14.1. The number of aliphatic hydroxyl groups is 2. The van der Waals surface area contributed by atoms with E-state index < -0.39 is 63.0 Å². The van der Waals surface area contributed by atoms with Gasteiger partial charge < -0.3 is 53.7 Å². The van der Waals surface area contributed by atoms with Crippen molar-refractivity contribution in [1.29, 1.82) is 0 Å². The zero-order valence-corrected chi connectivity index (χ0v) is 65.4. The normalized spacial score (nSPS) is 13.1. The van der Waals surface area contributed by atoms with Gasteiger partial charge in [-0.15, -0.1) is 0 Å². The molecule has 3 aliphatic heterocycles. The molecule has 2 unspecified atom stereocenters. The van der Waals surface area contributed by atoms with E-state index in [-0.39, 0.29) is 98.9 Å². The van der Waals surface area contributed by atoms with Crippen molar-refractivity contribution >= 4 is 110 Å². The number of benzene rings is 7. The predicted octanol–water partition coefficient (Wildman–Crippen LogP) is 15.9. The molecule has 6 N–H and O–H groups in total. The molecule has 580 valence electrons. The quantitative estimate of drug-likeness (QED) is 0.0770. The summed E-state index contributed by atoms with van der Waals surface area (Å²) >= 11 is 5.95. The fraction of sp³-hybridized carbons (Fsp3) is 0.214. The van der Waals surface area contributed by atoms with E-state index in [0.717, 1.165) is 88.4 Å². The van der Waals surface area contributed by atoms with Crippen molar-refractivity contribution in [2.45, 2.75) is 93.7 Å². The second kappa shape index (κ2) is 35.6. The van der Waals surface area contributed by atoms with E-state index in [1.165, 1.54) is 113 Å². The molecule has 6 aromatic heterocycles. The van der Waals surface area contributed by atoms with Gasteiger partial charge in [0, 0.05) is 32.5 Å². The van der Waals surface area contributed by atoms with Crippen molar-refractivity contribution in [1.82, 2.24) is 24.8 Å². The number of halogens is 6. The lowest BCUT2D eigenvalue weighted by atomic mass is 9.96. The third-order valence-corrected chi connectivity index (χ3v) is 19.4. The number of ketones is 2. The number of aryl methyl sites for hydroxylation is 3. The number of Topliss-reactive ketones (excluding diaryl/α,β-unsaturated/α-hetero) is 2. The lowest BCUT2D eigenvalue weighted by molar-refractivity contribution is 0.0683. The molecule has 9 heterocycles. The molecular weight excluding hydrogens is 1590 g/mol. The van der Waals surface area contributed by atoms with E-state index in [0.29, 0.717) is 35.9 Å². The maximum atomic E-state index is 14.1. The summed E-state index contributed by atoms with van der Waals surface area (Å²) in [6, 6.07) is 36.9. The molecule has 0 bridgehead atoms. The van der Waals surface area contributed by atoms with E-state index in [1.807, 2.05) is 71.0 Å². The average molecular weight is 1670 g/mol. The van der Waals surface area contributed by atoms with Crippen LogP contribution in [0.4, 0.5) is 29.2 Å². The maximum Gasteiger partial charge on any atom is 0.210 e. The molecule has 1 fully saturated rings. The van der Waals surface area contributed by atoms with E-state index >= 15 is 0 Å². The molecule has 0 amide bonds. The molecule has 113 heavy (non-hydrogen) atoms. The number of carbonyl (C=O) groups is 2. The predicted molar refractivity (Wildman–Crippen MR) is 429 cm³/mol. The molecule has 1 saturated heterocycles. The first kappa shape index (κ1) is 82.0. The molecule has 2 atom stereocenters. The molecule has 0 aliphatic carbocycles. The van der Waals surface area contributed by atoms with Gasteiger partial charge in [-0.3, -0.25) is 38.8 Å². The minimum absolute atomic E-state index is 0.0439. The second-order valence-electron chi connectivity index (χ2n) is 26.2. The molecular formula is C84H73Br2F4N9O14. The highest BCUT2D eigenvalue weighted by Gasteiger charge is 2.29. The Morgan fingerprint density at radius 2 is 0.929 bits per heavy atom. The number of hydrogen-bond acceptors (Lipinski definition) is 23. The van der Waals surface area contributed by atoms with E-state index in [9.17, 15) is 56.5 Å². The minimum Gasteiger partial charge on any atom is -0.491 e. The Balaban J connectivity index is 0.000000135. The van der Waals surface area contributed by atoms with Gasteiger partial charge in [0.15, 0.2) is 28.8 Å². The number of aromatic nitrogens is 4. The topological polar surface area (TPSA) is 345 Å². The molecule has 3 aliphatic rings. The summed E-state index contributed by atoms with van der Waals surface area (Å²) in [5.41, 5.74) is 19.9. The summed E-state index contributed by atoms with van der Waals surface area (Å²) < 4.78 is 87.6. The van der Waals surface area contributed by atoms with Crippen molar-refractivity contribution in [3.63, 3.8) is 0 Å². The van der Waals surface area contributed by atoms with Gasteiger partial charge >= 0.3 is 0 Å². The number of ether oxygens (including phenoxy) is 2. The largest absolute Gasteiger partial charge is 0.491 e. The lowest BCUT2D eigenvalue weighted by Crippen LogP contribution is -2.41. The van der Waals surface area contributed by atoms with Crippen LogP contribution in [0.1, 0.15) is 131 Å².